The van der Waals surface area contributed by atoms with Gasteiger partial charge in [0.2, 0.25) is 10.0 Å². The molecular formula is C9H19N3O3S. The summed E-state index contributed by atoms with van der Waals surface area (Å²) < 4.78 is 22.4. The predicted molar refractivity (Wildman–Crippen MR) is 61.4 cm³/mol. The molecule has 1 saturated heterocycles. The lowest BCUT2D eigenvalue weighted by molar-refractivity contribution is 0.155. The summed E-state index contributed by atoms with van der Waals surface area (Å²) in [4.78, 5) is 14.9. The van der Waals surface area contributed by atoms with E-state index in [1.807, 2.05) is 6.92 Å². The van der Waals surface area contributed by atoms with Crippen molar-refractivity contribution in [2.75, 3.05) is 26.7 Å². The van der Waals surface area contributed by atoms with Gasteiger partial charge in [0.05, 0.1) is 5.25 Å². The summed E-state index contributed by atoms with van der Waals surface area (Å²) in [6, 6.07) is -0.129. The van der Waals surface area contributed by atoms with Gasteiger partial charge >= 0.3 is 6.03 Å². The number of sulfonamides is 1. The zero-order valence-corrected chi connectivity index (χ0v) is 10.5. The molecule has 2 N–H and O–H groups in total. The summed E-state index contributed by atoms with van der Waals surface area (Å²) in [6.45, 7) is 3.30. The van der Waals surface area contributed by atoms with Crippen LogP contribution in [0.1, 0.15) is 19.8 Å². The topological polar surface area (TPSA) is 83.7 Å². The molecule has 1 heterocycles. The van der Waals surface area contributed by atoms with E-state index in [1.165, 1.54) is 0 Å². The van der Waals surface area contributed by atoms with Gasteiger partial charge in [-0.3, -0.25) is 0 Å². The molecule has 1 fully saturated rings. The lowest BCUT2D eigenvalue weighted by atomic mass is 10.1. The van der Waals surface area contributed by atoms with Crippen molar-refractivity contribution >= 4 is 16.1 Å². The van der Waals surface area contributed by atoms with Crippen molar-refractivity contribution in [2.45, 2.75) is 25.0 Å². The monoisotopic (exact) mass is 249 g/mol. The molecular weight excluding hydrogens is 230 g/mol. The highest BCUT2D eigenvalue weighted by Crippen LogP contribution is 2.16. The molecule has 1 aliphatic rings. The Morgan fingerprint density at radius 3 is 2.69 bits per heavy atom. The van der Waals surface area contributed by atoms with Crippen LogP contribution in [0.15, 0.2) is 0 Å². The van der Waals surface area contributed by atoms with Gasteiger partial charge in [-0.2, -0.15) is 0 Å². The molecule has 1 rings (SSSR count). The van der Waals surface area contributed by atoms with Crippen LogP contribution >= 0.6 is 0 Å². The van der Waals surface area contributed by atoms with E-state index in [1.54, 1.807) is 16.8 Å². The molecule has 0 saturated carbocycles. The fourth-order valence-corrected chi connectivity index (χ4v) is 2.64. The number of amides is 2. The summed E-state index contributed by atoms with van der Waals surface area (Å²) in [7, 11) is -1.84. The molecule has 1 atom stereocenters. The van der Waals surface area contributed by atoms with Gasteiger partial charge in [0.25, 0.3) is 0 Å². The van der Waals surface area contributed by atoms with Crippen molar-refractivity contribution < 1.29 is 13.2 Å². The second-order valence-corrected chi connectivity index (χ2v) is 5.94. The smallest absolute Gasteiger partial charge is 0.319 e. The van der Waals surface area contributed by atoms with E-state index in [0.717, 1.165) is 0 Å². The molecule has 0 aromatic heterocycles. The molecule has 16 heavy (non-hydrogen) atoms. The van der Waals surface area contributed by atoms with Crippen molar-refractivity contribution in [3.63, 3.8) is 0 Å². The van der Waals surface area contributed by atoms with Crippen LogP contribution in [0.4, 0.5) is 4.79 Å². The van der Waals surface area contributed by atoms with E-state index >= 15 is 0 Å². The van der Waals surface area contributed by atoms with Crippen LogP contribution < -0.4 is 5.14 Å². The van der Waals surface area contributed by atoms with E-state index in [9.17, 15) is 13.2 Å². The number of carbonyl (C=O) groups is 1. The molecule has 0 aromatic rings. The molecule has 94 valence electrons. The van der Waals surface area contributed by atoms with Crippen LogP contribution in [0.5, 0.6) is 0 Å². The van der Waals surface area contributed by atoms with Crippen molar-refractivity contribution in [2.24, 2.45) is 5.14 Å². The fraction of sp³-hybridized carbons (Fsp3) is 0.889. The van der Waals surface area contributed by atoms with E-state index < -0.39 is 15.3 Å². The summed E-state index contributed by atoms with van der Waals surface area (Å²) in [5.41, 5.74) is 0. The Kier molecular flexibility index (Phi) is 4.15. The third-order valence-corrected chi connectivity index (χ3v) is 4.23. The average Bonchev–Trinajstić information content (AvgIpc) is 2.26. The maximum atomic E-state index is 11.8. The highest BCUT2D eigenvalue weighted by molar-refractivity contribution is 7.89. The fourth-order valence-electron chi connectivity index (χ4n) is 1.76. The number of urea groups is 1. The summed E-state index contributed by atoms with van der Waals surface area (Å²) in [6.07, 6.45) is 1.23. The first-order valence-electron chi connectivity index (χ1n) is 5.38. The number of hydrogen-bond donors (Lipinski definition) is 1. The van der Waals surface area contributed by atoms with Gasteiger partial charge in [-0.25, -0.2) is 18.4 Å². The zero-order chi connectivity index (χ0) is 12.3. The van der Waals surface area contributed by atoms with Crippen LogP contribution in [-0.2, 0) is 10.0 Å². The van der Waals surface area contributed by atoms with Crippen LogP contribution in [0.3, 0.4) is 0 Å². The summed E-state index contributed by atoms with van der Waals surface area (Å²) in [5, 5.41) is 4.49. The molecule has 7 heteroatoms. The number of primary sulfonamides is 1. The van der Waals surface area contributed by atoms with Crippen LogP contribution in [0.2, 0.25) is 0 Å². The molecule has 0 aliphatic carbocycles. The number of carbonyl (C=O) groups excluding carboxylic acids is 1. The van der Waals surface area contributed by atoms with Gasteiger partial charge in [-0.15, -0.1) is 0 Å². The Labute approximate surface area is 96.4 Å². The van der Waals surface area contributed by atoms with Crippen molar-refractivity contribution in [1.82, 2.24) is 9.80 Å². The third-order valence-electron chi connectivity index (χ3n) is 2.91. The quantitative estimate of drug-likeness (QED) is 0.736. The summed E-state index contributed by atoms with van der Waals surface area (Å²) in [5.74, 6) is 0. The van der Waals surface area contributed by atoms with Gasteiger partial charge < -0.3 is 9.80 Å². The normalized spacial score (nSPS) is 21.9. The number of hydrogen-bond acceptors (Lipinski definition) is 3. The lowest BCUT2D eigenvalue weighted by Crippen LogP contribution is -2.50. The Balaban J connectivity index is 2.68. The van der Waals surface area contributed by atoms with E-state index in [4.69, 9.17) is 5.14 Å². The van der Waals surface area contributed by atoms with Gasteiger partial charge in [0, 0.05) is 26.7 Å². The molecule has 0 bridgehead atoms. The standard InChI is InChI=1S/C9H19N3O3S/c1-3-11(2)9(13)12-6-4-5-8(7-12)16(10,14)15/h8H,3-7H2,1-2H3,(H2,10,14,15). The Morgan fingerprint density at radius 1 is 1.56 bits per heavy atom. The van der Waals surface area contributed by atoms with E-state index in [0.29, 0.717) is 25.9 Å². The maximum absolute atomic E-state index is 11.8. The molecule has 0 spiro atoms. The molecule has 6 nitrogen and oxygen atoms in total. The SMILES string of the molecule is CCN(C)C(=O)N1CCCC(S(N)(=O)=O)C1. The minimum Gasteiger partial charge on any atom is -0.328 e. The van der Waals surface area contributed by atoms with Gasteiger partial charge in [0.15, 0.2) is 0 Å². The Bertz CT molecular complexity index is 355. The van der Waals surface area contributed by atoms with Crippen molar-refractivity contribution in [3.05, 3.63) is 0 Å². The maximum Gasteiger partial charge on any atom is 0.319 e. The Hall–Kier alpha value is -0.820. The lowest BCUT2D eigenvalue weighted by Gasteiger charge is -2.34. The number of rotatable bonds is 2. The molecule has 2 amide bonds. The first kappa shape index (κ1) is 13.2. The molecule has 0 aromatic carbocycles. The predicted octanol–water partition coefficient (Wildman–Crippen LogP) is -0.189. The zero-order valence-electron chi connectivity index (χ0n) is 9.72. The van der Waals surface area contributed by atoms with Gasteiger partial charge in [-0.05, 0) is 19.8 Å². The number of nitrogens with zero attached hydrogens (tertiary/aromatic N) is 2. The minimum absolute atomic E-state index is 0.129. The van der Waals surface area contributed by atoms with E-state index in [-0.39, 0.29) is 12.6 Å². The van der Waals surface area contributed by atoms with Crippen molar-refractivity contribution in [3.8, 4) is 0 Å². The number of piperidine rings is 1. The second kappa shape index (κ2) is 5.01. The van der Waals surface area contributed by atoms with Crippen molar-refractivity contribution in [1.29, 1.82) is 0 Å². The molecule has 0 radical (unpaired) electrons. The largest absolute Gasteiger partial charge is 0.328 e. The van der Waals surface area contributed by atoms with Gasteiger partial charge in [0.1, 0.15) is 0 Å². The average molecular weight is 249 g/mol. The van der Waals surface area contributed by atoms with Crippen LogP contribution in [0, 0.1) is 0 Å². The van der Waals surface area contributed by atoms with Crippen LogP contribution in [-0.4, -0.2) is 56.2 Å². The third kappa shape index (κ3) is 3.08. The minimum atomic E-state index is -3.54. The van der Waals surface area contributed by atoms with Crippen LogP contribution in [0.25, 0.3) is 0 Å². The number of likely N-dealkylation sites (tertiary alicyclic amines) is 1. The highest BCUT2D eigenvalue weighted by Gasteiger charge is 2.31. The number of nitrogens with two attached hydrogens (primary N) is 1. The molecule has 1 aliphatic heterocycles. The van der Waals surface area contributed by atoms with E-state index in [2.05, 4.69) is 0 Å². The second-order valence-electron chi connectivity index (χ2n) is 4.10. The highest BCUT2D eigenvalue weighted by atomic mass is 32.2. The first-order chi connectivity index (χ1) is 7.36. The Morgan fingerprint density at radius 2 is 2.19 bits per heavy atom. The summed E-state index contributed by atoms with van der Waals surface area (Å²) >= 11 is 0. The van der Waals surface area contributed by atoms with Gasteiger partial charge in [-0.1, -0.05) is 0 Å². The molecule has 1 unspecified atom stereocenters. The first-order valence-corrected chi connectivity index (χ1v) is 6.99.